The van der Waals surface area contributed by atoms with E-state index in [1.54, 1.807) is 48.5 Å². The van der Waals surface area contributed by atoms with Crippen LogP contribution in [-0.2, 0) is 28.7 Å². The van der Waals surface area contributed by atoms with Crippen molar-refractivity contribution in [3.8, 4) is 0 Å². The van der Waals surface area contributed by atoms with Gasteiger partial charge >= 0.3 is 35.9 Å². The Balaban J connectivity index is 1.21. The number of hydrogen-bond acceptors (Lipinski definition) is 12. The van der Waals surface area contributed by atoms with Crippen LogP contribution in [0.1, 0.15) is 161 Å². The second-order valence-electron chi connectivity index (χ2n) is 22.3. The Kier molecular flexibility index (Phi) is 17.2. The molecule has 6 rings (SSSR count). The molecule has 4 saturated heterocycles. The number of amides is 6. The number of likely N-dealkylation sites (tertiary alicyclic amines) is 2. The number of benzene rings is 2. The van der Waals surface area contributed by atoms with Crippen molar-refractivity contribution < 1.29 is 58.0 Å². The van der Waals surface area contributed by atoms with Gasteiger partial charge in [-0.15, -0.1) is 0 Å². The van der Waals surface area contributed by atoms with E-state index < -0.39 is 98.2 Å². The third kappa shape index (κ3) is 10.3. The van der Waals surface area contributed by atoms with Crippen molar-refractivity contribution in [2.45, 2.75) is 173 Å². The van der Waals surface area contributed by atoms with Gasteiger partial charge in [0.05, 0.1) is 16.5 Å². The van der Waals surface area contributed by atoms with Crippen LogP contribution >= 0.6 is 0 Å². The zero-order chi connectivity index (χ0) is 54.7. The summed E-state index contributed by atoms with van der Waals surface area (Å²) in [5, 5.41) is 26.9. The first-order valence-electron chi connectivity index (χ1n) is 26.6. The van der Waals surface area contributed by atoms with Crippen LogP contribution in [0.25, 0.3) is 0 Å². The van der Waals surface area contributed by atoms with Crippen molar-refractivity contribution >= 4 is 47.8 Å². The highest BCUT2D eigenvalue weighted by atomic mass is 16.5. The normalized spacial score (nSPS) is 31.1. The van der Waals surface area contributed by atoms with Crippen LogP contribution in [-0.4, -0.2) is 150 Å². The number of carbonyl (C=O) groups excluding carboxylic acids is 6. The SMILES string of the molecule is CCC1(C)CC2(NC(=O)N(CCC(CCCC(=O)O)(CCN3C(=O)NC4(CC(C)(CC)N(CCOC(=O)c5ccccc5)C(C)(CC)C4C)C3=O)C(=O)O)C2=O)C(C)C(C)(CC)N1CCOC(=O)c1ccccc1. The highest BCUT2D eigenvalue weighted by molar-refractivity contribution is 6.08. The van der Waals surface area contributed by atoms with Gasteiger partial charge in [0.15, 0.2) is 0 Å². The molecule has 0 aromatic heterocycles. The van der Waals surface area contributed by atoms with Crippen LogP contribution in [0.4, 0.5) is 9.59 Å². The number of esters is 2. The topological polar surface area (TPSA) is 232 Å². The van der Waals surface area contributed by atoms with Gasteiger partial charge < -0.3 is 30.3 Å². The Bertz CT molecular complexity index is 2290. The minimum absolute atomic E-state index is 0.0513. The van der Waals surface area contributed by atoms with Gasteiger partial charge in [-0.25, -0.2) is 19.2 Å². The van der Waals surface area contributed by atoms with Gasteiger partial charge in [0, 0.05) is 66.6 Å². The molecule has 4 aliphatic heterocycles. The number of hydrogen-bond donors (Lipinski definition) is 4. The average molecular weight is 1030 g/mol. The lowest BCUT2D eigenvalue weighted by Gasteiger charge is -2.63. The first kappa shape index (κ1) is 57.4. The van der Waals surface area contributed by atoms with Gasteiger partial charge in [-0.05, 0) is 116 Å². The number of aliphatic carboxylic acids is 2. The molecule has 4 aliphatic rings. The van der Waals surface area contributed by atoms with E-state index >= 15 is 9.59 Å². The summed E-state index contributed by atoms with van der Waals surface area (Å²) in [4.78, 5) is 117. The molecule has 2 aromatic carbocycles. The molecule has 2 aromatic rings. The number of piperidine rings is 2. The second kappa shape index (κ2) is 22.1. The lowest BCUT2D eigenvalue weighted by atomic mass is 9.60. The minimum atomic E-state index is -1.76. The summed E-state index contributed by atoms with van der Waals surface area (Å²) in [6.07, 6.45) is 1.69. The monoisotopic (exact) mass is 1030 g/mol. The first-order valence-corrected chi connectivity index (χ1v) is 26.6. The number of nitrogens with one attached hydrogen (secondary N) is 2. The number of nitrogens with zero attached hydrogens (tertiary/aromatic N) is 4. The summed E-state index contributed by atoms with van der Waals surface area (Å²) in [5.74, 6) is -5.22. The number of imide groups is 2. The van der Waals surface area contributed by atoms with Crippen molar-refractivity contribution in [1.82, 2.24) is 30.2 Å². The molecular formula is C56H80N6O12. The summed E-state index contributed by atoms with van der Waals surface area (Å²) >= 11 is 0. The van der Waals surface area contributed by atoms with Crippen molar-refractivity contribution in [3.63, 3.8) is 0 Å². The second-order valence-corrected chi connectivity index (χ2v) is 22.3. The maximum atomic E-state index is 15.0. The Hall–Kier alpha value is -5.88. The number of ether oxygens (including phenoxy) is 2. The standard InChI is InChI=1S/C56H80N6O12/c1-11-50(7)36-55(38(5)52(9,13-3)61(50)32-34-73-43(65)40-22-17-15-18-23-40)45(67)59(48(71)57-55)30-28-54(47(69)70,27-21-26-42(63)64)29-31-60-46(68)56(58-49(60)72)37-51(8,12-2)62(53(10,14-4)39(56)6)33-35-74-44(66)41-24-19-16-20-25-41/h15-20,22-25,38-39H,11-14,21,26-37H2,1-10H3,(H,57,71)(H,58,72)(H,63,64)(H,69,70). The predicted molar refractivity (Wildman–Crippen MR) is 276 cm³/mol. The van der Waals surface area contributed by atoms with Crippen LogP contribution in [0, 0.1) is 17.3 Å². The maximum Gasteiger partial charge on any atom is 0.338 e. The summed E-state index contributed by atoms with van der Waals surface area (Å²) in [7, 11) is 0. The third-order valence-electron chi connectivity index (χ3n) is 18.8. The van der Waals surface area contributed by atoms with E-state index in [4.69, 9.17) is 9.47 Å². The van der Waals surface area contributed by atoms with Crippen molar-refractivity contribution in [3.05, 3.63) is 71.8 Å². The van der Waals surface area contributed by atoms with E-state index in [1.165, 1.54) is 0 Å². The molecule has 18 heteroatoms. The van der Waals surface area contributed by atoms with Crippen LogP contribution < -0.4 is 10.6 Å². The largest absolute Gasteiger partial charge is 0.481 e. The summed E-state index contributed by atoms with van der Waals surface area (Å²) in [5.41, 5.74) is -6.31. The molecule has 2 spiro atoms. The van der Waals surface area contributed by atoms with Crippen molar-refractivity contribution in [1.29, 1.82) is 0 Å². The van der Waals surface area contributed by atoms with E-state index in [2.05, 4.69) is 20.4 Å². The van der Waals surface area contributed by atoms with Crippen molar-refractivity contribution in [2.24, 2.45) is 17.3 Å². The van der Waals surface area contributed by atoms with E-state index in [0.29, 0.717) is 49.9 Å². The van der Waals surface area contributed by atoms with E-state index in [1.807, 2.05) is 81.4 Å². The van der Waals surface area contributed by atoms with Crippen LogP contribution in [0.15, 0.2) is 60.7 Å². The molecule has 406 valence electrons. The maximum absolute atomic E-state index is 15.0. The number of carbonyl (C=O) groups is 8. The molecule has 4 fully saturated rings. The van der Waals surface area contributed by atoms with E-state index in [-0.39, 0.29) is 71.2 Å². The Morgan fingerprint density at radius 3 is 1.30 bits per heavy atom. The molecule has 4 heterocycles. The van der Waals surface area contributed by atoms with Gasteiger partial charge in [-0.3, -0.25) is 38.8 Å². The molecular weight excluding hydrogens is 949 g/mol. The highest BCUT2D eigenvalue weighted by Gasteiger charge is 2.68. The Morgan fingerprint density at radius 1 is 0.595 bits per heavy atom. The van der Waals surface area contributed by atoms with E-state index in [9.17, 15) is 39.0 Å². The smallest absolute Gasteiger partial charge is 0.338 e. The van der Waals surface area contributed by atoms with Gasteiger partial charge in [-0.2, -0.15) is 0 Å². The average Bonchev–Trinajstić information content (AvgIpc) is 3.76. The van der Waals surface area contributed by atoms with E-state index in [0.717, 1.165) is 9.80 Å². The van der Waals surface area contributed by atoms with Gasteiger partial charge in [0.1, 0.15) is 24.3 Å². The summed E-state index contributed by atoms with van der Waals surface area (Å²) in [6, 6.07) is 16.1. The van der Waals surface area contributed by atoms with Crippen molar-refractivity contribution in [2.75, 3.05) is 39.4 Å². The number of carboxylic acids is 2. The van der Waals surface area contributed by atoms with Crippen LogP contribution in [0.3, 0.4) is 0 Å². The number of urea groups is 2. The lowest BCUT2D eigenvalue weighted by Crippen LogP contribution is -2.75. The lowest BCUT2D eigenvalue weighted by molar-refractivity contribution is -0.158. The predicted octanol–water partition coefficient (Wildman–Crippen LogP) is 7.75. The third-order valence-corrected chi connectivity index (χ3v) is 18.8. The molecule has 18 nitrogen and oxygen atoms in total. The molecule has 6 amide bonds. The Labute approximate surface area is 436 Å². The van der Waals surface area contributed by atoms with Gasteiger partial charge in [0.2, 0.25) is 0 Å². The zero-order valence-corrected chi connectivity index (χ0v) is 45.2. The molecule has 4 N–H and O–H groups in total. The molecule has 8 unspecified atom stereocenters. The minimum Gasteiger partial charge on any atom is -0.481 e. The van der Waals surface area contributed by atoms with Crippen LogP contribution in [0.5, 0.6) is 0 Å². The highest BCUT2D eigenvalue weighted by Crippen LogP contribution is 2.54. The molecule has 8 atom stereocenters. The fourth-order valence-corrected chi connectivity index (χ4v) is 13.4. The number of rotatable bonds is 23. The molecule has 0 radical (unpaired) electrons. The summed E-state index contributed by atoms with van der Waals surface area (Å²) in [6.45, 7) is 20.4. The molecule has 0 saturated carbocycles. The quantitative estimate of drug-likeness (QED) is 0.0616. The first-order chi connectivity index (χ1) is 34.8. The fraction of sp³-hybridized carbons (Fsp3) is 0.643. The number of carboxylic acid groups (broad SMARTS) is 2. The van der Waals surface area contributed by atoms with Crippen LogP contribution in [0.2, 0.25) is 0 Å². The molecule has 74 heavy (non-hydrogen) atoms. The van der Waals surface area contributed by atoms with Gasteiger partial charge in [0.25, 0.3) is 11.8 Å². The molecule has 0 aliphatic carbocycles. The van der Waals surface area contributed by atoms with Gasteiger partial charge in [-0.1, -0.05) is 77.9 Å². The zero-order valence-electron chi connectivity index (χ0n) is 45.2. The summed E-state index contributed by atoms with van der Waals surface area (Å²) < 4.78 is 11.5. The fourth-order valence-electron chi connectivity index (χ4n) is 13.4. The molecule has 0 bridgehead atoms. The Morgan fingerprint density at radius 2 is 0.973 bits per heavy atom.